The van der Waals surface area contributed by atoms with Crippen LogP contribution in [0.3, 0.4) is 0 Å². The molecule has 3 aromatic carbocycles. The molecule has 3 aromatic rings. The minimum absolute atomic E-state index is 0.0404. The first-order chi connectivity index (χ1) is 19.3. The van der Waals surface area contributed by atoms with Crippen molar-refractivity contribution in [3.63, 3.8) is 0 Å². The smallest absolute Gasteiger partial charge is 0.328 e. The summed E-state index contributed by atoms with van der Waals surface area (Å²) in [5, 5.41) is 2.80. The molecule has 0 saturated carbocycles. The molecule has 0 spiro atoms. The van der Waals surface area contributed by atoms with Gasteiger partial charge in [0.15, 0.2) is 9.84 Å². The highest BCUT2D eigenvalue weighted by molar-refractivity contribution is 7.90. The predicted octanol–water partition coefficient (Wildman–Crippen LogP) is 5.06. The highest BCUT2D eigenvalue weighted by Crippen LogP contribution is 2.33. The molecular weight excluding hydrogens is 526 g/mol. The van der Waals surface area contributed by atoms with Crippen molar-refractivity contribution in [2.24, 2.45) is 0 Å². The molecule has 0 radical (unpaired) electrons. The van der Waals surface area contributed by atoms with E-state index < -0.39 is 9.84 Å². The third-order valence-electron chi connectivity index (χ3n) is 7.56. The summed E-state index contributed by atoms with van der Waals surface area (Å²) in [5.74, 6) is -0.0930. The summed E-state index contributed by atoms with van der Waals surface area (Å²) in [6.45, 7) is 3.82. The van der Waals surface area contributed by atoms with E-state index in [1.54, 1.807) is 40.1 Å². The molecule has 210 valence electrons. The second-order valence-electron chi connectivity index (χ2n) is 10.4. The molecule has 8 nitrogen and oxygen atoms in total. The maximum absolute atomic E-state index is 13.6. The summed E-state index contributed by atoms with van der Waals surface area (Å²) >= 11 is 0. The number of nitrogens with one attached hydrogen (secondary N) is 1. The second-order valence-corrected chi connectivity index (χ2v) is 12.4. The van der Waals surface area contributed by atoms with Crippen molar-refractivity contribution in [3.8, 4) is 5.75 Å². The van der Waals surface area contributed by atoms with Crippen LogP contribution in [0.25, 0.3) is 0 Å². The van der Waals surface area contributed by atoms with Crippen LogP contribution in [0.5, 0.6) is 5.75 Å². The zero-order chi connectivity index (χ0) is 28.3. The molecule has 1 N–H and O–H groups in total. The quantitative estimate of drug-likeness (QED) is 0.394. The largest absolute Gasteiger partial charge is 0.495 e. The number of aryl methyl sites for hydroxylation is 1. The monoisotopic (exact) mass is 561 g/mol. The molecule has 2 saturated heterocycles. The number of anilines is 2. The number of hydrogen-bond donors (Lipinski definition) is 1. The first-order valence-corrected chi connectivity index (χ1v) is 15.4. The molecule has 2 aliphatic heterocycles. The van der Waals surface area contributed by atoms with Crippen LogP contribution in [0.1, 0.15) is 48.8 Å². The van der Waals surface area contributed by atoms with Crippen molar-refractivity contribution in [1.29, 1.82) is 0 Å². The van der Waals surface area contributed by atoms with Gasteiger partial charge in [-0.15, -0.1) is 0 Å². The third kappa shape index (κ3) is 5.84. The Morgan fingerprint density at radius 2 is 1.68 bits per heavy atom. The third-order valence-corrected chi connectivity index (χ3v) is 9.26. The fourth-order valence-electron chi connectivity index (χ4n) is 5.48. The van der Waals surface area contributed by atoms with Crippen molar-refractivity contribution >= 4 is 33.2 Å². The van der Waals surface area contributed by atoms with E-state index in [0.29, 0.717) is 37.3 Å². The Labute approximate surface area is 235 Å². The standard InChI is InChI=1S/C31H35N3O5S/c1-3-6-22-9-12-26(13-10-22)33-15-5-16-34(31(33)36)27-8-4-7-23(17-27)21-40(37,38)29-18-24(11-14-28(29)39-2)25-19-30(35)32-20-25/h4,7-14,17-18,25H,3,5-6,15-16,19-21H2,1-2H3,(H,32,35). The summed E-state index contributed by atoms with van der Waals surface area (Å²) in [4.78, 5) is 28.8. The molecule has 2 heterocycles. The number of benzene rings is 3. The van der Waals surface area contributed by atoms with Crippen LogP contribution in [-0.4, -0.2) is 47.1 Å². The summed E-state index contributed by atoms with van der Waals surface area (Å²) in [7, 11) is -2.34. The Kier molecular flexibility index (Phi) is 8.12. The molecule has 1 unspecified atom stereocenters. The molecule has 0 bridgehead atoms. The Hall–Kier alpha value is -3.85. The van der Waals surface area contributed by atoms with Crippen LogP contribution in [-0.2, 0) is 26.8 Å². The molecule has 5 rings (SSSR count). The van der Waals surface area contributed by atoms with Crippen LogP contribution < -0.4 is 19.9 Å². The van der Waals surface area contributed by atoms with Gasteiger partial charge in [-0.1, -0.05) is 43.7 Å². The lowest BCUT2D eigenvalue weighted by Gasteiger charge is -2.36. The van der Waals surface area contributed by atoms with Gasteiger partial charge in [0.2, 0.25) is 5.91 Å². The summed E-state index contributed by atoms with van der Waals surface area (Å²) < 4.78 is 32.6. The van der Waals surface area contributed by atoms with Crippen LogP contribution in [0.4, 0.5) is 16.2 Å². The Balaban J connectivity index is 1.37. The first-order valence-electron chi connectivity index (χ1n) is 13.7. The molecule has 0 aliphatic carbocycles. The number of carbonyl (C=O) groups is 2. The lowest BCUT2D eigenvalue weighted by Crippen LogP contribution is -2.49. The fraction of sp³-hybridized carbons (Fsp3) is 0.355. The number of ether oxygens (including phenoxy) is 1. The van der Waals surface area contributed by atoms with Crippen molar-refractivity contribution in [2.45, 2.75) is 49.2 Å². The molecule has 1 atom stereocenters. The number of urea groups is 1. The van der Waals surface area contributed by atoms with E-state index in [4.69, 9.17) is 4.74 Å². The maximum atomic E-state index is 13.6. The van der Waals surface area contributed by atoms with Crippen LogP contribution in [0, 0.1) is 0 Å². The van der Waals surface area contributed by atoms with Crippen molar-refractivity contribution in [2.75, 3.05) is 36.5 Å². The molecule has 2 fully saturated rings. The van der Waals surface area contributed by atoms with Gasteiger partial charge in [-0.25, -0.2) is 13.2 Å². The number of carbonyl (C=O) groups excluding carboxylic acids is 2. The Morgan fingerprint density at radius 1 is 0.925 bits per heavy atom. The molecule has 9 heteroatoms. The lowest BCUT2D eigenvalue weighted by molar-refractivity contribution is -0.119. The van der Waals surface area contributed by atoms with Crippen molar-refractivity contribution in [3.05, 3.63) is 83.4 Å². The minimum Gasteiger partial charge on any atom is -0.495 e. The molecular formula is C31H35N3O5S. The van der Waals surface area contributed by atoms with E-state index in [2.05, 4.69) is 24.4 Å². The van der Waals surface area contributed by atoms with Gasteiger partial charge in [-0.3, -0.25) is 14.6 Å². The molecule has 3 amide bonds. The summed E-state index contributed by atoms with van der Waals surface area (Å²) in [6, 6.07) is 20.3. The normalized spacial score (nSPS) is 17.7. The van der Waals surface area contributed by atoms with E-state index >= 15 is 0 Å². The molecule has 40 heavy (non-hydrogen) atoms. The van der Waals surface area contributed by atoms with Gasteiger partial charge >= 0.3 is 6.03 Å². The lowest BCUT2D eigenvalue weighted by atomic mass is 9.98. The molecule has 2 aliphatic rings. The van der Waals surface area contributed by atoms with E-state index in [1.165, 1.54) is 12.7 Å². The maximum Gasteiger partial charge on any atom is 0.328 e. The second kappa shape index (κ2) is 11.7. The fourth-order valence-corrected chi connectivity index (χ4v) is 7.02. The zero-order valence-electron chi connectivity index (χ0n) is 22.9. The van der Waals surface area contributed by atoms with E-state index in [9.17, 15) is 18.0 Å². The Morgan fingerprint density at radius 3 is 2.35 bits per heavy atom. The SMILES string of the molecule is CCCc1ccc(N2CCCN(c3cccc(CS(=O)(=O)c4cc(C5CNC(=O)C5)ccc4OC)c3)C2=O)cc1. The average molecular weight is 562 g/mol. The van der Waals surface area contributed by atoms with Crippen LogP contribution in [0.2, 0.25) is 0 Å². The van der Waals surface area contributed by atoms with Gasteiger partial charge in [0.25, 0.3) is 0 Å². The summed E-state index contributed by atoms with van der Waals surface area (Å²) in [5.41, 5.74) is 4.14. The van der Waals surface area contributed by atoms with E-state index in [0.717, 1.165) is 30.5 Å². The summed E-state index contributed by atoms with van der Waals surface area (Å²) in [6.07, 6.45) is 3.20. The highest BCUT2D eigenvalue weighted by atomic mass is 32.2. The van der Waals surface area contributed by atoms with E-state index in [-0.39, 0.29) is 34.3 Å². The number of amides is 3. The zero-order valence-corrected chi connectivity index (χ0v) is 23.7. The van der Waals surface area contributed by atoms with Crippen LogP contribution >= 0.6 is 0 Å². The number of nitrogens with zero attached hydrogens (tertiary/aromatic N) is 2. The van der Waals surface area contributed by atoms with Crippen LogP contribution in [0.15, 0.2) is 71.6 Å². The number of sulfone groups is 1. The Bertz CT molecular complexity index is 1500. The number of methoxy groups -OCH3 is 1. The predicted molar refractivity (Wildman–Crippen MR) is 156 cm³/mol. The van der Waals surface area contributed by atoms with Gasteiger partial charge in [-0.05, 0) is 65.9 Å². The van der Waals surface area contributed by atoms with E-state index in [1.807, 2.05) is 24.3 Å². The average Bonchev–Trinajstić information content (AvgIpc) is 3.39. The van der Waals surface area contributed by atoms with Gasteiger partial charge in [0, 0.05) is 43.3 Å². The topological polar surface area (TPSA) is 96.0 Å². The van der Waals surface area contributed by atoms with Crippen molar-refractivity contribution in [1.82, 2.24) is 5.32 Å². The molecule has 0 aromatic heterocycles. The highest BCUT2D eigenvalue weighted by Gasteiger charge is 2.30. The first kappa shape index (κ1) is 27.7. The number of rotatable bonds is 9. The van der Waals surface area contributed by atoms with Gasteiger partial charge in [0.05, 0.1) is 12.9 Å². The van der Waals surface area contributed by atoms with Crippen molar-refractivity contribution < 1.29 is 22.7 Å². The van der Waals surface area contributed by atoms with Gasteiger partial charge in [0.1, 0.15) is 10.6 Å². The van der Waals surface area contributed by atoms with Gasteiger partial charge < -0.3 is 10.1 Å². The number of hydrogen-bond acceptors (Lipinski definition) is 5. The minimum atomic E-state index is -3.79. The van der Waals surface area contributed by atoms with Gasteiger partial charge in [-0.2, -0.15) is 0 Å².